The van der Waals surface area contributed by atoms with Crippen LogP contribution in [0.4, 0.5) is 0 Å². The fraction of sp³-hybridized carbons (Fsp3) is 0.200. The van der Waals surface area contributed by atoms with Crippen LogP contribution in [0.3, 0.4) is 0 Å². The van der Waals surface area contributed by atoms with Crippen molar-refractivity contribution < 1.29 is 14.3 Å². The van der Waals surface area contributed by atoms with E-state index >= 15 is 0 Å². The number of rotatable bonds is 8. The van der Waals surface area contributed by atoms with Crippen LogP contribution in [-0.2, 0) is 12.8 Å². The van der Waals surface area contributed by atoms with Gasteiger partial charge in [0.25, 0.3) is 5.91 Å². The molecule has 9 heteroatoms. The van der Waals surface area contributed by atoms with E-state index in [1.165, 1.54) is 6.21 Å². The minimum absolute atomic E-state index is 0.288. The number of nitrogens with zero attached hydrogens (tertiary/aromatic N) is 4. The van der Waals surface area contributed by atoms with Crippen LogP contribution < -0.4 is 14.9 Å². The summed E-state index contributed by atoms with van der Waals surface area (Å²) in [6, 6.07) is 12.7. The zero-order chi connectivity index (χ0) is 20.6. The molecule has 0 unspecified atom stereocenters. The molecular formula is C20H21N5O3S. The number of aromatic nitrogens is 3. The van der Waals surface area contributed by atoms with Gasteiger partial charge in [-0.05, 0) is 29.8 Å². The molecule has 0 saturated heterocycles. The first-order chi connectivity index (χ1) is 14.1. The fourth-order valence-corrected chi connectivity index (χ4v) is 3.28. The summed E-state index contributed by atoms with van der Waals surface area (Å²) in [4.78, 5) is 12.3. The molecule has 0 fully saturated rings. The van der Waals surface area contributed by atoms with Gasteiger partial charge in [0.1, 0.15) is 17.8 Å². The minimum Gasteiger partial charge on any atom is -0.497 e. The van der Waals surface area contributed by atoms with E-state index in [4.69, 9.17) is 9.47 Å². The second-order valence-corrected chi connectivity index (χ2v) is 7.00. The van der Waals surface area contributed by atoms with E-state index in [-0.39, 0.29) is 5.91 Å². The number of hydrogen-bond donors (Lipinski definition) is 1. The van der Waals surface area contributed by atoms with Crippen LogP contribution in [0, 0.1) is 0 Å². The highest BCUT2D eigenvalue weighted by Gasteiger charge is 2.06. The maximum Gasteiger partial charge on any atom is 0.271 e. The molecule has 0 aliphatic rings. The first-order valence-corrected chi connectivity index (χ1v) is 9.70. The number of ether oxygens (including phenoxy) is 2. The van der Waals surface area contributed by atoms with Gasteiger partial charge in [-0.3, -0.25) is 4.79 Å². The van der Waals surface area contributed by atoms with Crippen molar-refractivity contribution in [3.63, 3.8) is 0 Å². The van der Waals surface area contributed by atoms with Crippen LogP contribution >= 0.6 is 11.8 Å². The molecule has 3 aromatic rings. The van der Waals surface area contributed by atoms with Crippen LogP contribution in [-0.4, -0.2) is 41.1 Å². The van der Waals surface area contributed by atoms with E-state index in [1.807, 2.05) is 23.7 Å². The summed E-state index contributed by atoms with van der Waals surface area (Å²) in [7, 11) is 5.05. The lowest BCUT2D eigenvalue weighted by atomic mass is 10.1. The average molecular weight is 411 g/mol. The minimum atomic E-state index is -0.288. The van der Waals surface area contributed by atoms with Crippen LogP contribution in [0.25, 0.3) is 0 Å². The Morgan fingerprint density at radius 2 is 1.86 bits per heavy atom. The lowest BCUT2D eigenvalue weighted by Crippen LogP contribution is -2.17. The van der Waals surface area contributed by atoms with Crippen molar-refractivity contribution in [3.05, 3.63) is 65.5 Å². The monoisotopic (exact) mass is 411 g/mol. The second-order valence-electron chi connectivity index (χ2n) is 6.06. The predicted molar refractivity (Wildman–Crippen MR) is 112 cm³/mol. The summed E-state index contributed by atoms with van der Waals surface area (Å²) < 4.78 is 12.3. The number of amides is 1. The third-order valence-electron chi connectivity index (χ3n) is 4.01. The molecule has 0 aliphatic heterocycles. The molecule has 0 spiro atoms. The molecule has 1 heterocycles. The van der Waals surface area contributed by atoms with Gasteiger partial charge in [0, 0.05) is 30.0 Å². The highest BCUT2D eigenvalue weighted by molar-refractivity contribution is 7.98. The van der Waals surface area contributed by atoms with Gasteiger partial charge in [-0.2, -0.15) is 5.10 Å². The predicted octanol–water partition coefficient (Wildman–Crippen LogP) is 2.89. The van der Waals surface area contributed by atoms with Crippen LogP contribution in [0.2, 0.25) is 0 Å². The number of methoxy groups -OCH3 is 2. The van der Waals surface area contributed by atoms with Crippen molar-refractivity contribution >= 4 is 23.9 Å². The first-order valence-electron chi connectivity index (χ1n) is 8.71. The van der Waals surface area contributed by atoms with Gasteiger partial charge < -0.3 is 14.0 Å². The smallest absolute Gasteiger partial charge is 0.271 e. The molecule has 0 radical (unpaired) electrons. The molecule has 8 nitrogen and oxygen atoms in total. The Balaban J connectivity index is 1.56. The quantitative estimate of drug-likeness (QED) is 0.348. The number of aryl methyl sites for hydroxylation is 1. The van der Waals surface area contributed by atoms with E-state index in [2.05, 4.69) is 20.7 Å². The van der Waals surface area contributed by atoms with Crippen molar-refractivity contribution in [2.45, 2.75) is 10.9 Å². The van der Waals surface area contributed by atoms with E-state index in [9.17, 15) is 4.79 Å². The van der Waals surface area contributed by atoms with Crippen molar-refractivity contribution in [1.29, 1.82) is 0 Å². The van der Waals surface area contributed by atoms with Crippen LogP contribution in [0.15, 0.2) is 59.0 Å². The number of carbonyl (C=O) groups excluding carboxylic acids is 1. The van der Waals surface area contributed by atoms with Crippen LogP contribution in [0.5, 0.6) is 11.5 Å². The lowest BCUT2D eigenvalue weighted by Gasteiger charge is -2.06. The van der Waals surface area contributed by atoms with Crippen molar-refractivity contribution in [2.24, 2.45) is 12.1 Å². The van der Waals surface area contributed by atoms with Gasteiger partial charge in [-0.15, -0.1) is 10.2 Å². The molecule has 0 atom stereocenters. The summed E-state index contributed by atoms with van der Waals surface area (Å²) in [5.41, 5.74) is 4.88. The lowest BCUT2D eigenvalue weighted by molar-refractivity contribution is 0.0955. The second kappa shape index (κ2) is 9.74. The molecular weight excluding hydrogens is 390 g/mol. The highest BCUT2D eigenvalue weighted by Crippen LogP contribution is 2.22. The summed E-state index contributed by atoms with van der Waals surface area (Å²) in [5.74, 6) is 1.74. The average Bonchev–Trinajstić information content (AvgIpc) is 3.16. The van der Waals surface area contributed by atoms with Gasteiger partial charge in [-0.1, -0.05) is 23.9 Å². The molecule has 0 saturated carbocycles. The molecule has 29 heavy (non-hydrogen) atoms. The van der Waals surface area contributed by atoms with E-state index in [1.54, 1.807) is 62.6 Å². The van der Waals surface area contributed by atoms with E-state index in [0.29, 0.717) is 17.1 Å². The Hall–Kier alpha value is -3.33. The first kappa shape index (κ1) is 20.4. The number of hydrazone groups is 1. The van der Waals surface area contributed by atoms with E-state index < -0.39 is 0 Å². The van der Waals surface area contributed by atoms with Crippen molar-refractivity contribution in [1.82, 2.24) is 20.2 Å². The fourth-order valence-electron chi connectivity index (χ4n) is 2.44. The van der Waals surface area contributed by atoms with Gasteiger partial charge in [0.05, 0.1) is 20.4 Å². The Bertz CT molecular complexity index is 979. The molecule has 0 aliphatic carbocycles. The third-order valence-corrected chi connectivity index (χ3v) is 5.11. The third kappa shape index (κ3) is 5.58. The number of carbonyl (C=O) groups is 1. The molecule has 150 valence electrons. The Labute approximate surface area is 172 Å². The Morgan fingerprint density at radius 3 is 2.45 bits per heavy atom. The van der Waals surface area contributed by atoms with Crippen LogP contribution in [0.1, 0.15) is 21.5 Å². The number of hydrogen-bond acceptors (Lipinski definition) is 7. The summed E-state index contributed by atoms with van der Waals surface area (Å²) in [6.07, 6.45) is 3.20. The summed E-state index contributed by atoms with van der Waals surface area (Å²) >= 11 is 1.58. The molecule has 1 amide bonds. The Morgan fingerprint density at radius 1 is 1.17 bits per heavy atom. The maximum absolute atomic E-state index is 12.3. The Kier molecular flexibility index (Phi) is 6.85. The molecule has 0 bridgehead atoms. The molecule has 3 rings (SSSR count). The normalized spacial score (nSPS) is 10.9. The maximum atomic E-state index is 12.3. The number of thioether (sulfide) groups is 1. The van der Waals surface area contributed by atoms with Gasteiger partial charge in [0.2, 0.25) is 0 Å². The SMILES string of the molecule is COc1cc(/C=N\NC(=O)c2ccc(CSc3nncn3C)cc2)cc(OC)c1. The van der Waals surface area contributed by atoms with E-state index in [0.717, 1.165) is 22.0 Å². The zero-order valence-corrected chi connectivity index (χ0v) is 17.1. The van der Waals surface area contributed by atoms with Crippen molar-refractivity contribution in [2.75, 3.05) is 14.2 Å². The zero-order valence-electron chi connectivity index (χ0n) is 16.3. The van der Waals surface area contributed by atoms with Gasteiger partial charge in [0.15, 0.2) is 5.16 Å². The number of benzene rings is 2. The summed E-state index contributed by atoms with van der Waals surface area (Å²) in [6.45, 7) is 0. The molecule has 1 N–H and O–H groups in total. The largest absolute Gasteiger partial charge is 0.497 e. The topological polar surface area (TPSA) is 90.6 Å². The van der Waals surface area contributed by atoms with Crippen molar-refractivity contribution in [3.8, 4) is 11.5 Å². The summed E-state index contributed by atoms with van der Waals surface area (Å²) in [5, 5.41) is 12.7. The molecule has 2 aromatic carbocycles. The standard InChI is InChI=1S/C20H21N5O3S/c1-25-13-22-24-20(25)29-12-14-4-6-16(7-5-14)19(26)23-21-11-15-8-17(27-2)10-18(9-15)28-3/h4-11,13H,12H2,1-3H3,(H,23,26)/b21-11-. The van der Waals surface area contributed by atoms with Gasteiger partial charge in [-0.25, -0.2) is 5.43 Å². The highest BCUT2D eigenvalue weighted by atomic mass is 32.2. The molecule has 1 aromatic heterocycles. The number of nitrogens with one attached hydrogen (secondary N) is 1. The van der Waals surface area contributed by atoms with Gasteiger partial charge >= 0.3 is 0 Å².